The van der Waals surface area contributed by atoms with Gasteiger partial charge in [-0.05, 0) is 34.5 Å². The number of benzene rings is 1. The Morgan fingerprint density at radius 1 is 0.500 bits per heavy atom. The predicted molar refractivity (Wildman–Crippen MR) is 91.2 cm³/mol. The smallest absolute Gasteiger partial charge is 0.194 e. The highest BCUT2D eigenvalue weighted by molar-refractivity contribution is 9.11. The lowest BCUT2D eigenvalue weighted by molar-refractivity contribution is -0.462. The Hall–Kier alpha value is -1.22. The molecule has 0 saturated heterocycles. The molecule has 1 aromatic carbocycles. The average Bonchev–Trinajstić information content (AvgIpc) is 2.67. The van der Waals surface area contributed by atoms with E-state index in [9.17, 15) is 87.8 Å². The summed E-state index contributed by atoms with van der Waals surface area (Å²) >= 11 is 3.82. The van der Waals surface area contributed by atoms with Gasteiger partial charge in [-0.25, -0.2) is 0 Å². The molecule has 0 radical (unpaired) electrons. The van der Waals surface area contributed by atoms with Gasteiger partial charge >= 0.3 is 53.8 Å². The van der Waals surface area contributed by atoms with Crippen molar-refractivity contribution < 1.29 is 87.8 Å². The highest BCUT2D eigenvalue weighted by atomic mass is 79.9. The maximum Gasteiger partial charge on any atom is 0.460 e. The summed E-state index contributed by atoms with van der Waals surface area (Å²) in [4.78, 5) is 0. The highest BCUT2D eigenvalue weighted by Gasteiger charge is 2.95. The highest BCUT2D eigenvalue weighted by Crippen LogP contribution is 2.65. The number of hydrogen-bond donors (Lipinski definition) is 0. The van der Waals surface area contributed by atoms with Gasteiger partial charge in [0, 0.05) is 14.5 Å². The molecule has 0 N–H and O–H groups in total. The van der Waals surface area contributed by atoms with Crippen molar-refractivity contribution in [3.63, 3.8) is 0 Å². The molecular weight excluding hydrogens is 732 g/mol. The van der Waals surface area contributed by atoms with Gasteiger partial charge in [0.2, 0.25) is 0 Å². The zero-order valence-corrected chi connectivity index (χ0v) is 20.1. The monoisotopic (exact) mass is 734 g/mol. The Morgan fingerprint density at radius 3 is 1.13 bits per heavy atom. The van der Waals surface area contributed by atoms with Gasteiger partial charge in [0.15, 0.2) is 0 Å². The van der Waals surface area contributed by atoms with E-state index in [0.29, 0.717) is 0 Å². The largest absolute Gasteiger partial charge is 0.460 e. The lowest BCUT2D eigenvalue weighted by Gasteiger charge is -2.43. The summed E-state index contributed by atoms with van der Waals surface area (Å²) in [5.74, 6) is -58.2. The van der Waals surface area contributed by atoms with Crippen molar-refractivity contribution in [3.05, 3.63) is 31.7 Å². The summed E-state index contributed by atoms with van der Waals surface area (Å²) in [5.41, 5.74) is -6.23. The number of rotatable bonds is 7. The molecule has 0 aliphatic rings. The third-order valence-corrected chi connectivity index (χ3v) is 6.44. The molecule has 0 aliphatic carbocycles. The molecule has 0 aliphatic heterocycles. The second kappa shape index (κ2) is 9.15. The van der Waals surface area contributed by atoms with Crippen molar-refractivity contribution in [1.82, 2.24) is 0 Å². The van der Waals surface area contributed by atoms with Crippen LogP contribution in [-0.4, -0.2) is 41.7 Å². The fourth-order valence-corrected chi connectivity index (χ4v) is 3.98. The molecule has 0 nitrogen and oxygen atoms in total. The minimum Gasteiger partial charge on any atom is -0.194 e. The van der Waals surface area contributed by atoms with E-state index in [0.717, 1.165) is 0 Å². The van der Waals surface area contributed by atoms with Gasteiger partial charge in [-0.15, -0.1) is 0 Å². The van der Waals surface area contributed by atoms with Gasteiger partial charge < -0.3 is 0 Å². The molecule has 0 saturated carbocycles. The number of hydrogen-bond acceptors (Lipinski definition) is 0. The molecule has 1 aromatic rings. The van der Waals surface area contributed by atoms with Crippen LogP contribution < -0.4 is 0 Å². The average molecular weight is 736 g/mol. The number of halogens is 22. The fourth-order valence-electron chi connectivity index (χ4n) is 2.66. The molecular formula is C16H4Br2F20. The molecule has 0 amide bonds. The molecule has 0 spiro atoms. The summed E-state index contributed by atoms with van der Waals surface area (Å²) in [7, 11) is 0. The van der Waals surface area contributed by atoms with Crippen molar-refractivity contribution in [3.8, 4) is 0 Å². The normalized spacial score (nSPS) is 15.8. The fraction of sp³-hybridized carbons (Fsp3) is 0.625. The van der Waals surface area contributed by atoms with Crippen LogP contribution in [0.2, 0.25) is 0 Å². The van der Waals surface area contributed by atoms with Crippen LogP contribution in [0.25, 0.3) is 0 Å². The van der Waals surface area contributed by atoms with E-state index < -0.39 is 85.5 Å². The molecule has 1 rings (SSSR count). The van der Waals surface area contributed by atoms with E-state index in [1.165, 1.54) is 0 Å². The maximum atomic E-state index is 14.5. The summed E-state index contributed by atoms with van der Waals surface area (Å²) in [6.07, 6.45) is -13.4. The molecule has 0 bridgehead atoms. The lowest BCUT2D eigenvalue weighted by Crippen LogP contribution is -2.74. The summed E-state index contributed by atoms with van der Waals surface area (Å²) in [6.45, 7) is 0.232. The Labute approximate surface area is 212 Å². The van der Waals surface area contributed by atoms with Crippen LogP contribution in [0, 0.1) is 6.92 Å². The first-order valence-corrected chi connectivity index (χ1v) is 10.1. The van der Waals surface area contributed by atoms with Gasteiger partial charge in [-0.3, -0.25) is 0 Å². The van der Waals surface area contributed by atoms with Crippen molar-refractivity contribution in [2.45, 2.75) is 60.7 Å². The van der Waals surface area contributed by atoms with E-state index in [1.807, 2.05) is 31.9 Å². The molecule has 0 aromatic heterocycles. The van der Waals surface area contributed by atoms with E-state index >= 15 is 0 Å². The van der Waals surface area contributed by atoms with Crippen molar-refractivity contribution in [2.24, 2.45) is 0 Å². The zero-order chi connectivity index (χ0) is 31.1. The molecule has 0 unspecified atom stereocenters. The quantitative estimate of drug-likeness (QED) is 0.245. The van der Waals surface area contributed by atoms with Gasteiger partial charge in [0.05, 0.1) is 5.56 Å². The maximum absolute atomic E-state index is 14.5. The van der Waals surface area contributed by atoms with Gasteiger partial charge in [0.25, 0.3) is 0 Å². The Balaban J connectivity index is 3.92. The molecule has 0 heterocycles. The first-order valence-electron chi connectivity index (χ1n) is 8.48. The molecule has 0 fully saturated rings. The van der Waals surface area contributed by atoms with Crippen LogP contribution in [0.15, 0.2) is 15.0 Å². The van der Waals surface area contributed by atoms with E-state index in [4.69, 9.17) is 0 Å². The Morgan fingerprint density at radius 2 is 0.816 bits per heavy atom. The second-order valence-corrected chi connectivity index (χ2v) is 8.88. The van der Waals surface area contributed by atoms with Crippen LogP contribution >= 0.6 is 31.9 Å². The Kier molecular flexibility index (Phi) is 8.38. The van der Waals surface area contributed by atoms with Crippen molar-refractivity contribution in [2.75, 3.05) is 0 Å². The molecule has 22 heteroatoms. The zero-order valence-electron chi connectivity index (χ0n) is 16.9. The summed E-state index contributed by atoms with van der Waals surface area (Å²) < 4.78 is 264. The van der Waals surface area contributed by atoms with Gasteiger partial charge in [0.1, 0.15) is 0 Å². The van der Waals surface area contributed by atoms with Crippen LogP contribution in [-0.2, 0) is 12.1 Å². The second-order valence-electron chi connectivity index (χ2n) is 7.24. The minimum atomic E-state index is -8.81. The first-order chi connectivity index (χ1) is 16.2. The minimum absolute atomic E-state index is 0.232. The molecule has 38 heavy (non-hydrogen) atoms. The van der Waals surface area contributed by atoms with Gasteiger partial charge in [-0.2, -0.15) is 87.8 Å². The third-order valence-electron chi connectivity index (χ3n) is 4.79. The van der Waals surface area contributed by atoms with E-state index in [2.05, 4.69) is 0 Å². The number of alkyl halides is 20. The summed E-state index contributed by atoms with van der Waals surface area (Å²) in [5, 5.41) is 0. The lowest BCUT2D eigenvalue weighted by atomic mass is 9.86. The summed E-state index contributed by atoms with van der Waals surface area (Å²) in [6, 6.07) is -0.730. The Bertz CT molecular complexity index is 1060. The predicted octanol–water partition coefficient (Wildman–Crippen LogP) is 10.0. The van der Waals surface area contributed by atoms with E-state index in [-0.39, 0.29) is 6.92 Å². The van der Waals surface area contributed by atoms with Gasteiger partial charge in [-0.1, -0.05) is 15.9 Å². The topological polar surface area (TPSA) is 0 Å². The van der Waals surface area contributed by atoms with Crippen LogP contribution in [0.3, 0.4) is 0 Å². The van der Waals surface area contributed by atoms with Crippen molar-refractivity contribution >= 4 is 31.9 Å². The molecule has 222 valence electrons. The van der Waals surface area contributed by atoms with Crippen LogP contribution in [0.4, 0.5) is 87.8 Å². The molecule has 0 atom stereocenters. The first kappa shape index (κ1) is 34.8. The SMILES string of the molecule is Cc1c(Br)c(C(F)(F)C(F)(F)C(F)(F)C(F)(F)C(F)(F)C(F)(F)C(F)(F)C(F)(F)F)cc(Br)c1C(F)(F)F. The van der Waals surface area contributed by atoms with Crippen LogP contribution in [0.1, 0.15) is 16.7 Å². The van der Waals surface area contributed by atoms with E-state index in [1.54, 1.807) is 0 Å². The standard InChI is InChI=1S/C16H4Br2F20/c1-3-6(9(21,22)23)5(17)2-4(7(3)18)8(19,20)10(24,25)11(26,27)12(28,29)13(30,31)14(32,33)15(34,35)16(36,37)38/h2H,1H3. The van der Waals surface area contributed by atoms with Crippen molar-refractivity contribution in [1.29, 1.82) is 0 Å². The third kappa shape index (κ3) is 4.51. The van der Waals surface area contributed by atoms with Crippen LogP contribution in [0.5, 0.6) is 0 Å².